The van der Waals surface area contributed by atoms with E-state index in [0.29, 0.717) is 0 Å². The van der Waals surface area contributed by atoms with Crippen molar-refractivity contribution < 1.29 is 0 Å². The second-order valence-electron chi connectivity index (χ2n) is 4.52. The molecule has 0 saturated heterocycles. The van der Waals surface area contributed by atoms with Crippen LogP contribution in [0.2, 0.25) is 0 Å². The number of aromatic amines is 1. The lowest BCUT2D eigenvalue weighted by atomic mass is 9.85. The van der Waals surface area contributed by atoms with Crippen molar-refractivity contribution in [3.05, 3.63) is 29.7 Å². The summed E-state index contributed by atoms with van der Waals surface area (Å²) in [7, 11) is 0. The number of aromatic nitrogens is 2. The lowest BCUT2D eigenvalue weighted by molar-refractivity contribution is 0.444. The van der Waals surface area contributed by atoms with Gasteiger partial charge in [-0.1, -0.05) is 13.3 Å². The van der Waals surface area contributed by atoms with Gasteiger partial charge in [-0.3, -0.25) is 4.98 Å². The molecule has 0 spiro atoms. The van der Waals surface area contributed by atoms with Crippen molar-refractivity contribution in [2.24, 2.45) is 5.92 Å². The molecule has 0 aliphatic heterocycles. The molecule has 0 radical (unpaired) electrons. The molecule has 15 heavy (non-hydrogen) atoms. The summed E-state index contributed by atoms with van der Waals surface area (Å²) in [6.45, 7) is 2.29. The van der Waals surface area contributed by atoms with Crippen LogP contribution in [0.15, 0.2) is 18.5 Å². The molecule has 0 aromatic carbocycles. The van der Waals surface area contributed by atoms with Crippen LogP contribution in [-0.4, -0.2) is 9.97 Å². The van der Waals surface area contributed by atoms with Crippen LogP contribution in [-0.2, 0) is 12.8 Å². The first-order valence-electron chi connectivity index (χ1n) is 5.82. The fourth-order valence-electron chi connectivity index (χ4n) is 2.68. The van der Waals surface area contributed by atoms with Crippen LogP contribution in [0, 0.1) is 5.92 Å². The van der Waals surface area contributed by atoms with E-state index in [4.69, 9.17) is 0 Å². The van der Waals surface area contributed by atoms with Crippen molar-refractivity contribution in [2.45, 2.75) is 32.6 Å². The summed E-state index contributed by atoms with van der Waals surface area (Å²) >= 11 is 0. The number of fused-ring (bicyclic) bond motifs is 3. The van der Waals surface area contributed by atoms with E-state index >= 15 is 0 Å². The van der Waals surface area contributed by atoms with Crippen molar-refractivity contribution in [3.8, 4) is 0 Å². The van der Waals surface area contributed by atoms with Gasteiger partial charge in [0.05, 0.1) is 0 Å². The third kappa shape index (κ3) is 1.36. The summed E-state index contributed by atoms with van der Waals surface area (Å²) in [6, 6.07) is 2.08. The standard InChI is InChI=1S/C13H16N2/c1-2-9-3-4-12-10(7-9)11-8-14-6-5-13(11)15-12/h5-6,8-9,15H,2-4,7H2,1H3. The Morgan fingerprint density at radius 2 is 2.47 bits per heavy atom. The minimum atomic E-state index is 0.872. The Labute approximate surface area is 89.7 Å². The van der Waals surface area contributed by atoms with Gasteiger partial charge in [0, 0.05) is 29.0 Å². The average molecular weight is 200 g/mol. The molecule has 1 unspecified atom stereocenters. The van der Waals surface area contributed by atoms with Gasteiger partial charge in [-0.05, 0) is 36.8 Å². The Bertz CT molecular complexity index is 484. The van der Waals surface area contributed by atoms with Crippen LogP contribution in [0.25, 0.3) is 10.9 Å². The van der Waals surface area contributed by atoms with Crippen LogP contribution in [0.4, 0.5) is 0 Å². The van der Waals surface area contributed by atoms with Gasteiger partial charge in [-0.15, -0.1) is 0 Å². The zero-order valence-electron chi connectivity index (χ0n) is 9.09. The van der Waals surface area contributed by atoms with Crippen LogP contribution >= 0.6 is 0 Å². The van der Waals surface area contributed by atoms with Gasteiger partial charge in [-0.2, -0.15) is 0 Å². The number of nitrogens with one attached hydrogen (secondary N) is 1. The first-order chi connectivity index (χ1) is 7.38. The number of H-pyrrole nitrogens is 1. The summed E-state index contributed by atoms with van der Waals surface area (Å²) < 4.78 is 0. The zero-order valence-corrected chi connectivity index (χ0v) is 9.09. The van der Waals surface area contributed by atoms with E-state index in [9.17, 15) is 0 Å². The molecule has 1 aliphatic carbocycles. The van der Waals surface area contributed by atoms with Gasteiger partial charge in [-0.25, -0.2) is 0 Å². The summed E-state index contributed by atoms with van der Waals surface area (Å²) in [5, 5.41) is 1.34. The van der Waals surface area contributed by atoms with Crippen molar-refractivity contribution in [1.29, 1.82) is 0 Å². The molecule has 0 bridgehead atoms. The second kappa shape index (κ2) is 3.37. The highest BCUT2D eigenvalue weighted by molar-refractivity contribution is 5.83. The molecular weight excluding hydrogens is 184 g/mol. The van der Waals surface area contributed by atoms with Crippen LogP contribution in [0.5, 0.6) is 0 Å². The smallest absolute Gasteiger partial charge is 0.0490 e. The van der Waals surface area contributed by atoms with E-state index in [1.54, 1.807) is 0 Å². The van der Waals surface area contributed by atoms with Crippen molar-refractivity contribution in [3.63, 3.8) is 0 Å². The van der Waals surface area contributed by atoms with Gasteiger partial charge >= 0.3 is 0 Å². The van der Waals surface area contributed by atoms with E-state index < -0.39 is 0 Å². The summed E-state index contributed by atoms with van der Waals surface area (Å²) in [5.74, 6) is 0.872. The van der Waals surface area contributed by atoms with Crippen LogP contribution in [0.3, 0.4) is 0 Å². The zero-order chi connectivity index (χ0) is 10.3. The molecule has 1 atom stereocenters. The fourth-order valence-corrected chi connectivity index (χ4v) is 2.68. The Balaban J connectivity index is 2.14. The van der Waals surface area contributed by atoms with Crippen LogP contribution < -0.4 is 0 Å². The molecular formula is C13H16N2. The van der Waals surface area contributed by atoms with Gasteiger partial charge < -0.3 is 4.98 Å². The first kappa shape index (κ1) is 8.96. The normalized spacial score (nSPS) is 20.5. The molecule has 3 rings (SSSR count). The van der Waals surface area contributed by atoms with Gasteiger partial charge in [0.25, 0.3) is 0 Å². The Morgan fingerprint density at radius 1 is 1.53 bits per heavy atom. The summed E-state index contributed by atoms with van der Waals surface area (Å²) in [5.41, 5.74) is 4.23. The minimum Gasteiger partial charge on any atom is -0.358 e. The third-order valence-electron chi connectivity index (χ3n) is 3.67. The number of hydrogen-bond acceptors (Lipinski definition) is 1. The maximum Gasteiger partial charge on any atom is 0.0490 e. The number of rotatable bonds is 1. The van der Waals surface area contributed by atoms with E-state index in [0.717, 1.165) is 5.92 Å². The van der Waals surface area contributed by atoms with Crippen LogP contribution in [0.1, 0.15) is 31.0 Å². The fraction of sp³-hybridized carbons (Fsp3) is 0.462. The molecule has 78 valence electrons. The topological polar surface area (TPSA) is 28.7 Å². The molecule has 1 N–H and O–H groups in total. The Morgan fingerprint density at radius 3 is 3.33 bits per heavy atom. The number of hydrogen-bond donors (Lipinski definition) is 1. The first-order valence-corrected chi connectivity index (χ1v) is 5.82. The monoisotopic (exact) mass is 200 g/mol. The summed E-state index contributed by atoms with van der Waals surface area (Å²) in [6.07, 6.45) is 8.94. The number of pyridine rings is 1. The van der Waals surface area contributed by atoms with Crippen molar-refractivity contribution in [1.82, 2.24) is 9.97 Å². The molecule has 2 aromatic heterocycles. The van der Waals surface area contributed by atoms with Crippen molar-refractivity contribution >= 4 is 10.9 Å². The Hall–Kier alpha value is -1.31. The molecule has 0 amide bonds. The maximum absolute atomic E-state index is 4.22. The largest absolute Gasteiger partial charge is 0.358 e. The molecule has 2 aromatic rings. The number of aryl methyl sites for hydroxylation is 1. The third-order valence-corrected chi connectivity index (χ3v) is 3.67. The van der Waals surface area contributed by atoms with Crippen molar-refractivity contribution in [2.75, 3.05) is 0 Å². The SMILES string of the molecule is CCC1CCc2[nH]c3ccncc3c2C1. The quantitative estimate of drug-likeness (QED) is 0.753. The highest BCUT2D eigenvalue weighted by Crippen LogP contribution is 2.32. The average Bonchev–Trinajstić information content (AvgIpc) is 2.66. The molecule has 1 aliphatic rings. The molecule has 2 heterocycles. The molecule has 2 nitrogen and oxygen atoms in total. The van der Waals surface area contributed by atoms with Gasteiger partial charge in [0.1, 0.15) is 0 Å². The van der Waals surface area contributed by atoms with E-state index in [1.165, 1.54) is 47.8 Å². The minimum absolute atomic E-state index is 0.872. The lowest BCUT2D eigenvalue weighted by Gasteiger charge is -2.20. The summed E-state index contributed by atoms with van der Waals surface area (Å²) in [4.78, 5) is 7.74. The highest BCUT2D eigenvalue weighted by Gasteiger charge is 2.20. The van der Waals surface area contributed by atoms with E-state index in [2.05, 4.69) is 23.0 Å². The Kier molecular flexibility index (Phi) is 2.01. The van der Waals surface area contributed by atoms with E-state index in [1.807, 2.05) is 12.4 Å². The predicted molar refractivity (Wildman–Crippen MR) is 61.9 cm³/mol. The maximum atomic E-state index is 4.22. The molecule has 0 saturated carbocycles. The van der Waals surface area contributed by atoms with Gasteiger partial charge in [0.2, 0.25) is 0 Å². The predicted octanol–water partition coefficient (Wildman–Crippen LogP) is 3.08. The number of nitrogens with zero attached hydrogens (tertiary/aromatic N) is 1. The highest BCUT2D eigenvalue weighted by atomic mass is 14.7. The molecule has 0 fully saturated rings. The second-order valence-corrected chi connectivity index (χ2v) is 4.52. The lowest BCUT2D eigenvalue weighted by Crippen LogP contribution is -2.12. The van der Waals surface area contributed by atoms with Gasteiger partial charge in [0.15, 0.2) is 0 Å². The van der Waals surface area contributed by atoms with E-state index in [-0.39, 0.29) is 0 Å². The molecule has 2 heteroatoms.